The van der Waals surface area contributed by atoms with Crippen LogP contribution in [0.2, 0.25) is 0 Å². The van der Waals surface area contributed by atoms with Gasteiger partial charge in [0.05, 0.1) is 32.3 Å². The predicted molar refractivity (Wildman–Crippen MR) is 71.0 cm³/mol. The third kappa shape index (κ3) is 4.98. The molecule has 0 aliphatic heterocycles. The number of rotatable bonds is 7. The van der Waals surface area contributed by atoms with E-state index in [0.29, 0.717) is 6.61 Å². The summed E-state index contributed by atoms with van der Waals surface area (Å²) in [6, 6.07) is 9.67. The molecule has 5 heteroatoms. The Kier molecular flexibility index (Phi) is 6.49. The van der Waals surface area contributed by atoms with Gasteiger partial charge in [0.2, 0.25) is 0 Å². The van der Waals surface area contributed by atoms with E-state index in [2.05, 4.69) is 0 Å². The van der Waals surface area contributed by atoms with Crippen LogP contribution in [0, 0.1) is 5.92 Å². The van der Waals surface area contributed by atoms with Crippen LogP contribution < -0.4 is 0 Å². The van der Waals surface area contributed by atoms with E-state index in [4.69, 9.17) is 9.57 Å². The van der Waals surface area contributed by atoms with Crippen molar-refractivity contribution in [1.29, 1.82) is 0 Å². The minimum atomic E-state index is -0.853. The molecular weight excluding hydrogens is 246 g/mol. The van der Waals surface area contributed by atoms with Crippen LogP contribution >= 0.6 is 0 Å². The van der Waals surface area contributed by atoms with Gasteiger partial charge in [0.1, 0.15) is 0 Å². The lowest BCUT2D eigenvalue weighted by Crippen LogP contribution is -2.38. The number of hydrogen-bond acceptors (Lipinski definition) is 4. The zero-order valence-electron chi connectivity index (χ0n) is 11.6. The Morgan fingerprint density at radius 1 is 1.37 bits per heavy atom. The van der Waals surface area contributed by atoms with Gasteiger partial charge < -0.3 is 9.84 Å². The number of hydrogen-bond donors (Lipinski definition) is 1. The molecule has 1 aromatic carbocycles. The molecular formula is C14H21NO4. The van der Waals surface area contributed by atoms with E-state index in [1.165, 1.54) is 14.2 Å². The third-order valence-corrected chi connectivity index (χ3v) is 2.95. The lowest BCUT2D eigenvalue weighted by molar-refractivity contribution is -0.177. The molecule has 0 radical (unpaired) electrons. The highest BCUT2D eigenvalue weighted by Gasteiger charge is 2.25. The van der Waals surface area contributed by atoms with Crippen molar-refractivity contribution in [2.24, 2.45) is 5.92 Å². The molecule has 1 amide bonds. The molecule has 0 saturated heterocycles. The summed E-state index contributed by atoms with van der Waals surface area (Å²) in [6.45, 7) is 2.17. The monoisotopic (exact) mass is 267 g/mol. The summed E-state index contributed by atoms with van der Waals surface area (Å²) in [6.07, 6.45) is -0.853. The minimum absolute atomic E-state index is 0.110. The molecule has 1 rings (SSSR count). The Bertz CT molecular complexity index is 382. The molecule has 0 bridgehead atoms. The molecule has 1 N–H and O–H groups in total. The molecule has 5 nitrogen and oxygen atoms in total. The first-order valence-corrected chi connectivity index (χ1v) is 6.17. The second-order valence-electron chi connectivity index (χ2n) is 4.38. The second-order valence-corrected chi connectivity index (χ2v) is 4.38. The average Bonchev–Trinajstić information content (AvgIpc) is 2.45. The summed E-state index contributed by atoms with van der Waals surface area (Å²) in [5.74, 6) is -0.848. The maximum absolute atomic E-state index is 11.7. The van der Waals surface area contributed by atoms with Crippen molar-refractivity contribution in [3.8, 4) is 0 Å². The standard InChI is InChI=1S/C14H21NO4/c1-11(14(17)15(2)18-3)13(16)10-19-9-12-7-5-4-6-8-12/h4-8,11,13,16H,9-10H2,1-3H3/t11-,13+/m0/s1. The van der Waals surface area contributed by atoms with E-state index >= 15 is 0 Å². The summed E-state index contributed by atoms with van der Waals surface area (Å²) in [4.78, 5) is 16.5. The fraction of sp³-hybridized carbons (Fsp3) is 0.500. The largest absolute Gasteiger partial charge is 0.390 e. The van der Waals surface area contributed by atoms with Crippen molar-refractivity contribution in [2.45, 2.75) is 19.6 Å². The summed E-state index contributed by atoms with van der Waals surface area (Å²) in [5.41, 5.74) is 1.03. The zero-order chi connectivity index (χ0) is 14.3. The molecule has 2 atom stereocenters. The first-order valence-electron chi connectivity index (χ1n) is 6.17. The normalized spacial score (nSPS) is 13.9. The molecule has 0 fully saturated rings. The average molecular weight is 267 g/mol. The predicted octanol–water partition coefficient (Wildman–Crippen LogP) is 1.22. The van der Waals surface area contributed by atoms with Gasteiger partial charge in [-0.05, 0) is 5.56 Å². The van der Waals surface area contributed by atoms with E-state index in [1.54, 1.807) is 6.92 Å². The van der Waals surface area contributed by atoms with Gasteiger partial charge in [0.15, 0.2) is 0 Å². The third-order valence-electron chi connectivity index (χ3n) is 2.95. The number of nitrogens with zero attached hydrogens (tertiary/aromatic N) is 1. The SMILES string of the molecule is CON(C)C(=O)[C@@H](C)[C@H](O)COCc1ccccc1. The van der Waals surface area contributed by atoms with Crippen molar-refractivity contribution in [1.82, 2.24) is 5.06 Å². The first kappa shape index (κ1) is 15.6. The topological polar surface area (TPSA) is 59.0 Å². The van der Waals surface area contributed by atoms with Gasteiger partial charge in [-0.2, -0.15) is 0 Å². The summed E-state index contributed by atoms with van der Waals surface area (Å²) in [5, 5.41) is 11.0. The van der Waals surface area contributed by atoms with Gasteiger partial charge in [0, 0.05) is 7.05 Å². The Labute approximate surface area is 113 Å². The Morgan fingerprint density at radius 2 is 2.00 bits per heavy atom. The fourth-order valence-electron chi connectivity index (χ4n) is 1.56. The number of aliphatic hydroxyl groups is 1. The molecule has 0 unspecified atom stereocenters. The fourth-order valence-corrected chi connectivity index (χ4v) is 1.56. The second kappa shape index (κ2) is 7.89. The van der Waals surface area contributed by atoms with Gasteiger partial charge in [-0.1, -0.05) is 37.3 Å². The molecule has 0 heterocycles. The van der Waals surface area contributed by atoms with E-state index in [9.17, 15) is 9.90 Å². The van der Waals surface area contributed by atoms with Gasteiger partial charge in [-0.15, -0.1) is 0 Å². The number of carbonyl (C=O) groups is 1. The van der Waals surface area contributed by atoms with Crippen molar-refractivity contribution in [3.63, 3.8) is 0 Å². The zero-order valence-corrected chi connectivity index (χ0v) is 11.6. The number of aliphatic hydroxyl groups excluding tert-OH is 1. The van der Waals surface area contributed by atoms with Crippen LogP contribution in [-0.4, -0.2) is 42.9 Å². The van der Waals surface area contributed by atoms with Crippen LogP contribution in [0.3, 0.4) is 0 Å². The van der Waals surface area contributed by atoms with Crippen molar-refractivity contribution in [2.75, 3.05) is 20.8 Å². The minimum Gasteiger partial charge on any atom is -0.390 e. The maximum atomic E-state index is 11.7. The van der Waals surface area contributed by atoms with Crippen LogP contribution in [0.1, 0.15) is 12.5 Å². The lowest BCUT2D eigenvalue weighted by Gasteiger charge is -2.22. The van der Waals surface area contributed by atoms with Crippen LogP contribution in [-0.2, 0) is 21.0 Å². The highest BCUT2D eigenvalue weighted by molar-refractivity contribution is 5.77. The van der Waals surface area contributed by atoms with Gasteiger partial charge >= 0.3 is 0 Å². The smallest absolute Gasteiger partial charge is 0.251 e. The van der Waals surface area contributed by atoms with Gasteiger partial charge in [-0.25, -0.2) is 5.06 Å². The lowest BCUT2D eigenvalue weighted by atomic mass is 10.1. The molecule has 19 heavy (non-hydrogen) atoms. The molecule has 0 aliphatic carbocycles. The van der Waals surface area contributed by atoms with Crippen LogP contribution in [0.25, 0.3) is 0 Å². The molecule has 0 aliphatic rings. The van der Waals surface area contributed by atoms with Crippen molar-refractivity contribution < 1.29 is 19.5 Å². The van der Waals surface area contributed by atoms with Crippen molar-refractivity contribution in [3.05, 3.63) is 35.9 Å². The number of amides is 1. The van der Waals surface area contributed by atoms with Crippen LogP contribution in [0.4, 0.5) is 0 Å². The highest BCUT2D eigenvalue weighted by atomic mass is 16.7. The molecule has 0 saturated carbocycles. The quantitative estimate of drug-likeness (QED) is 0.755. The van der Waals surface area contributed by atoms with E-state index < -0.39 is 12.0 Å². The highest BCUT2D eigenvalue weighted by Crippen LogP contribution is 2.09. The summed E-state index contributed by atoms with van der Waals surface area (Å²) < 4.78 is 5.40. The first-order chi connectivity index (χ1) is 9.06. The number of ether oxygens (including phenoxy) is 1. The Balaban J connectivity index is 2.34. The Hall–Kier alpha value is -1.43. The number of carbonyl (C=O) groups excluding carboxylic acids is 1. The van der Waals surface area contributed by atoms with Crippen molar-refractivity contribution >= 4 is 5.91 Å². The molecule has 0 spiro atoms. The van der Waals surface area contributed by atoms with Gasteiger partial charge in [0.25, 0.3) is 5.91 Å². The summed E-state index contributed by atoms with van der Waals surface area (Å²) >= 11 is 0. The Morgan fingerprint density at radius 3 is 2.58 bits per heavy atom. The van der Waals surface area contributed by atoms with E-state index in [1.807, 2.05) is 30.3 Å². The summed E-state index contributed by atoms with van der Waals surface area (Å²) in [7, 11) is 2.92. The van der Waals surface area contributed by atoms with E-state index in [0.717, 1.165) is 10.6 Å². The van der Waals surface area contributed by atoms with Crippen LogP contribution in [0.5, 0.6) is 0 Å². The van der Waals surface area contributed by atoms with Gasteiger partial charge in [-0.3, -0.25) is 9.63 Å². The molecule has 1 aromatic rings. The number of hydroxylamine groups is 2. The maximum Gasteiger partial charge on any atom is 0.251 e. The molecule has 0 aromatic heterocycles. The number of benzene rings is 1. The van der Waals surface area contributed by atoms with E-state index in [-0.39, 0.29) is 12.5 Å². The van der Waals surface area contributed by atoms with Crippen LogP contribution in [0.15, 0.2) is 30.3 Å². The molecule has 106 valence electrons.